The highest BCUT2D eigenvalue weighted by Gasteiger charge is 2.40. The van der Waals surface area contributed by atoms with Crippen molar-refractivity contribution in [3.05, 3.63) is 83.7 Å². The van der Waals surface area contributed by atoms with E-state index in [1.54, 1.807) is 9.80 Å². The molecule has 4 N–H and O–H groups in total. The fourth-order valence-electron chi connectivity index (χ4n) is 9.40. The Morgan fingerprint density at radius 3 is 1.27 bits per heavy atom. The molecule has 6 amide bonds. The Kier molecular flexibility index (Phi) is 14.4. The van der Waals surface area contributed by atoms with Crippen LogP contribution in [-0.2, 0) is 9.59 Å². The van der Waals surface area contributed by atoms with Gasteiger partial charge in [0.1, 0.15) is 23.7 Å². The van der Waals surface area contributed by atoms with Crippen molar-refractivity contribution in [3.63, 3.8) is 0 Å². The maximum atomic E-state index is 14.0. The quantitative estimate of drug-likeness (QED) is 0.159. The summed E-state index contributed by atoms with van der Waals surface area (Å²) in [6.07, 6.45) is 6.98. The van der Waals surface area contributed by atoms with Crippen LogP contribution >= 0.6 is 0 Å². The number of rotatable bonds is 10. The SMILES string of the molecule is CC(C)C(NC(=O)N1CCN(C)CC1)C(=O)N1CCCC1c1ncc(-c2ccc(C#Cc3ccc(-c4cnc(C5CCCN5C(=O)C(NC(=O)N5CCN(C)CC5)C(C)C)[nH]4)cc3)cc2)[nH]1. The van der Waals surface area contributed by atoms with Gasteiger partial charge >= 0.3 is 12.1 Å². The number of imidazole rings is 2. The Bertz CT molecular complexity index is 2220. The van der Waals surface area contributed by atoms with Crippen molar-refractivity contribution in [3.8, 4) is 34.4 Å². The second kappa shape index (κ2) is 20.6. The molecular formula is C50H66N12O4. The maximum absolute atomic E-state index is 14.0. The molecule has 66 heavy (non-hydrogen) atoms. The number of likely N-dealkylation sites (tertiary alicyclic amines) is 2. The second-order valence-electron chi connectivity index (χ2n) is 19.1. The third kappa shape index (κ3) is 10.6. The van der Waals surface area contributed by atoms with Crippen molar-refractivity contribution in [2.75, 3.05) is 79.5 Å². The second-order valence-corrected chi connectivity index (χ2v) is 19.1. The van der Waals surface area contributed by atoms with Crippen LogP contribution in [0.2, 0.25) is 0 Å². The Hall–Kier alpha value is -6.18. The topological polar surface area (TPSA) is 169 Å². The van der Waals surface area contributed by atoms with E-state index in [0.717, 1.165) is 97.2 Å². The van der Waals surface area contributed by atoms with Gasteiger partial charge in [0.25, 0.3) is 0 Å². The molecule has 0 radical (unpaired) electrons. The lowest BCUT2D eigenvalue weighted by molar-refractivity contribution is -0.136. The molecule has 0 saturated carbocycles. The number of H-pyrrole nitrogens is 2. The van der Waals surface area contributed by atoms with E-state index < -0.39 is 12.1 Å². The van der Waals surface area contributed by atoms with E-state index in [-0.39, 0.29) is 47.8 Å². The molecule has 4 aromatic rings. The largest absolute Gasteiger partial charge is 0.340 e. The number of hydrogen-bond acceptors (Lipinski definition) is 8. The first kappa shape index (κ1) is 46.4. The van der Waals surface area contributed by atoms with Crippen LogP contribution in [0.25, 0.3) is 22.5 Å². The van der Waals surface area contributed by atoms with Crippen LogP contribution in [0.15, 0.2) is 60.9 Å². The lowest BCUT2D eigenvalue weighted by Crippen LogP contribution is -2.57. The van der Waals surface area contributed by atoms with E-state index in [2.05, 4.69) is 56.3 Å². The van der Waals surface area contributed by atoms with Crippen molar-refractivity contribution in [2.45, 2.75) is 77.5 Å². The van der Waals surface area contributed by atoms with Crippen LogP contribution in [0, 0.1) is 23.7 Å². The molecule has 4 aliphatic rings. The first-order valence-electron chi connectivity index (χ1n) is 23.7. The number of hydrogen-bond donors (Lipinski definition) is 4. The Morgan fingerprint density at radius 2 is 0.924 bits per heavy atom. The molecule has 0 aliphatic carbocycles. The van der Waals surface area contributed by atoms with Crippen molar-refractivity contribution < 1.29 is 19.2 Å². The van der Waals surface area contributed by atoms with Gasteiger partial charge in [0.2, 0.25) is 11.8 Å². The van der Waals surface area contributed by atoms with Crippen molar-refractivity contribution in [1.29, 1.82) is 0 Å². The maximum Gasteiger partial charge on any atom is 0.318 e. The molecular weight excluding hydrogens is 833 g/mol. The van der Waals surface area contributed by atoms with E-state index in [9.17, 15) is 19.2 Å². The third-order valence-electron chi connectivity index (χ3n) is 13.6. The molecule has 8 rings (SSSR count). The van der Waals surface area contributed by atoms with E-state index in [1.165, 1.54) is 0 Å². The van der Waals surface area contributed by atoms with E-state index in [4.69, 9.17) is 9.97 Å². The highest BCUT2D eigenvalue weighted by atomic mass is 16.2. The summed E-state index contributed by atoms with van der Waals surface area (Å²) in [6, 6.07) is 14.1. The molecule has 16 nitrogen and oxygen atoms in total. The number of aromatic amines is 2. The predicted octanol–water partition coefficient (Wildman–Crippen LogP) is 5.16. The van der Waals surface area contributed by atoms with Gasteiger partial charge in [-0.3, -0.25) is 9.59 Å². The molecule has 6 heterocycles. The molecule has 0 bridgehead atoms. The van der Waals surface area contributed by atoms with Crippen molar-refractivity contribution in [2.24, 2.45) is 11.8 Å². The number of carbonyl (C=O) groups is 4. The lowest BCUT2D eigenvalue weighted by Gasteiger charge is -2.35. The average Bonchev–Trinajstić information content (AvgIpc) is 4.17. The number of amides is 6. The molecule has 4 atom stereocenters. The van der Waals surface area contributed by atoms with Crippen molar-refractivity contribution in [1.82, 2.24) is 60.0 Å². The minimum atomic E-state index is -0.615. The van der Waals surface area contributed by atoms with E-state index >= 15 is 0 Å². The molecule has 350 valence electrons. The summed E-state index contributed by atoms with van der Waals surface area (Å²) in [6.45, 7) is 15.0. The zero-order chi connectivity index (χ0) is 46.5. The van der Waals surface area contributed by atoms with Crippen LogP contribution < -0.4 is 10.6 Å². The van der Waals surface area contributed by atoms with Gasteiger partial charge in [-0.1, -0.05) is 63.8 Å². The average molecular weight is 899 g/mol. The standard InChI is InChI=1S/C50H66N12O4/c1-33(2)43(55-49(65)59-27-23-57(5)24-28-59)47(63)61-21-7-9-41(61)45-51-31-39(53-45)37-17-13-35(14-18-37)11-12-36-15-19-38(20-16-36)40-32-52-46(54-40)42-10-8-22-62(42)48(64)44(34(3)4)56-50(66)60-29-25-58(6)26-30-60/h13-20,31-34,41-44H,7-10,21-30H2,1-6H3,(H,51,53)(H,52,54)(H,55,65)(H,56,66). The number of nitrogens with zero attached hydrogens (tertiary/aromatic N) is 8. The number of benzene rings is 2. The van der Waals surface area contributed by atoms with Crippen LogP contribution in [0.3, 0.4) is 0 Å². The number of likely N-dealkylation sites (N-methyl/N-ethyl adjacent to an activating group) is 2. The number of carbonyl (C=O) groups excluding carboxylic acids is 4. The highest BCUT2D eigenvalue weighted by Crippen LogP contribution is 2.34. The monoisotopic (exact) mass is 899 g/mol. The molecule has 2 aromatic carbocycles. The third-order valence-corrected chi connectivity index (χ3v) is 13.6. The minimum absolute atomic E-state index is 0.0620. The lowest BCUT2D eigenvalue weighted by atomic mass is 10.0. The van der Waals surface area contributed by atoms with Crippen LogP contribution in [0.5, 0.6) is 0 Å². The zero-order valence-corrected chi connectivity index (χ0v) is 39.3. The van der Waals surface area contributed by atoms with Gasteiger partial charge in [0, 0.05) is 76.6 Å². The molecule has 4 fully saturated rings. The molecule has 4 unspecified atom stereocenters. The molecule has 2 aromatic heterocycles. The van der Waals surface area contributed by atoms with Crippen LogP contribution in [0.1, 0.15) is 88.2 Å². The van der Waals surface area contributed by atoms with Gasteiger partial charge in [-0.15, -0.1) is 0 Å². The van der Waals surface area contributed by atoms with Gasteiger partial charge in [0.05, 0.1) is 35.9 Å². The zero-order valence-electron chi connectivity index (χ0n) is 39.3. The van der Waals surface area contributed by atoms with Gasteiger partial charge in [-0.2, -0.15) is 0 Å². The predicted molar refractivity (Wildman–Crippen MR) is 254 cm³/mol. The van der Waals surface area contributed by atoms with Crippen molar-refractivity contribution >= 4 is 23.9 Å². The minimum Gasteiger partial charge on any atom is -0.340 e. The Morgan fingerprint density at radius 1 is 0.561 bits per heavy atom. The summed E-state index contributed by atoms with van der Waals surface area (Å²) in [5.41, 5.74) is 5.41. The summed E-state index contributed by atoms with van der Waals surface area (Å²) in [5, 5.41) is 6.11. The summed E-state index contributed by atoms with van der Waals surface area (Å²) in [5.74, 6) is 7.81. The van der Waals surface area contributed by atoms with Gasteiger partial charge < -0.3 is 50.0 Å². The number of urea groups is 2. The van der Waals surface area contributed by atoms with E-state index in [0.29, 0.717) is 39.3 Å². The number of piperazine rings is 2. The Labute approximate surface area is 388 Å². The van der Waals surface area contributed by atoms with Gasteiger partial charge in [-0.05, 0) is 87.0 Å². The smallest absolute Gasteiger partial charge is 0.318 e. The fourth-order valence-corrected chi connectivity index (χ4v) is 9.40. The van der Waals surface area contributed by atoms with Gasteiger partial charge in [-0.25, -0.2) is 19.6 Å². The number of aromatic nitrogens is 4. The van der Waals surface area contributed by atoms with E-state index in [1.807, 2.05) is 98.4 Å². The summed E-state index contributed by atoms with van der Waals surface area (Å²) in [7, 11) is 4.10. The first-order chi connectivity index (χ1) is 31.8. The molecule has 16 heteroatoms. The summed E-state index contributed by atoms with van der Waals surface area (Å²) >= 11 is 0. The molecule has 4 saturated heterocycles. The van der Waals surface area contributed by atoms with Crippen LogP contribution in [-0.4, -0.2) is 165 Å². The summed E-state index contributed by atoms with van der Waals surface area (Å²) < 4.78 is 0. The normalized spacial score (nSPS) is 20.4. The number of nitrogens with one attached hydrogen (secondary N) is 4. The van der Waals surface area contributed by atoms with Gasteiger partial charge in [0.15, 0.2) is 0 Å². The highest BCUT2D eigenvalue weighted by molar-refractivity contribution is 5.88. The Balaban J connectivity index is 0.860. The molecule has 4 aliphatic heterocycles. The fraction of sp³-hybridized carbons (Fsp3) is 0.520. The first-order valence-corrected chi connectivity index (χ1v) is 23.7. The summed E-state index contributed by atoms with van der Waals surface area (Å²) in [4.78, 5) is 82.5. The van der Waals surface area contributed by atoms with Crippen LogP contribution in [0.4, 0.5) is 9.59 Å². The molecule has 0 spiro atoms.